The van der Waals surface area contributed by atoms with Crippen molar-refractivity contribution >= 4 is 27.5 Å². The van der Waals surface area contributed by atoms with Gasteiger partial charge in [-0.15, -0.1) is 11.3 Å². The molecule has 2 aromatic rings. The Kier molecular flexibility index (Phi) is 1.73. The number of thiazole rings is 1. The highest BCUT2D eigenvalue weighted by Crippen LogP contribution is 2.22. The van der Waals surface area contributed by atoms with Crippen molar-refractivity contribution in [3.63, 3.8) is 0 Å². The molecule has 0 spiro atoms. The molecule has 1 heterocycles. The lowest BCUT2D eigenvalue weighted by Gasteiger charge is -1.95. The number of carboxylic acids is 1. The van der Waals surface area contributed by atoms with E-state index in [-0.39, 0.29) is 5.56 Å². The van der Waals surface area contributed by atoms with Crippen LogP contribution in [0.2, 0.25) is 0 Å². The van der Waals surface area contributed by atoms with Gasteiger partial charge in [-0.25, -0.2) is 14.2 Å². The third-order valence-corrected chi connectivity index (χ3v) is 2.41. The lowest BCUT2D eigenvalue weighted by molar-refractivity contribution is 0.0698. The molecule has 0 radical (unpaired) electrons. The van der Waals surface area contributed by atoms with E-state index in [0.717, 1.165) is 6.07 Å². The second-order valence-electron chi connectivity index (χ2n) is 2.46. The second kappa shape index (κ2) is 2.77. The van der Waals surface area contributed by atoms with Gasteiger partial charge in [0.1, 0.15) is 5.82 Å². The smallest absolute Gasteiger partial charge is 0.338 e. The van der Waals surface area contributed by atoms with Crippen molar-refractivity contribution in [3.8, 4) is 0 Å². The number of carbonyl (C=O) groups is 1. The average molecular weight is 197 g/mol. The minimum atomic E-state index is -1.16. The number of hydrogen-bond acceptors (Lipinski definition) is 3. The molecule has 0 atom stereocenters. The number of rotatable bonds is 1. The lowest BCUT2D eigenvalue weighted by Crippen LogP contribution is -1.98. The van der Waals surface area contributed by atoms with Gasteiger partial charge < -0.3 is 5.11 Å². The Balaban J connectivity index is 2.84. The SMILES string of the molecule is O=C(O)c1cc(F)cc2scnc12. The van der Waals surface area contributed by atoms with Crippen LogP contribution in [-0.2, 0) is 0 Å². The highest BCUT2D eigenvalue weighted by molar-refractivity contribution is 7.16. The second-order valence-corrected chi connectivity index (χ2v) is 3.34. The molecule has 1 aromatic heterocycles. The zero-order valence-electron chi connectivity index (χ0n) is 6.32. The summed E-state index contributed by atoms with van der Waals surface area (Å²) in [5, 5.41) is 8.72. The first-order valence-electron chi connectivity index (χ1n) is 3.44. The number of aromatic carboxylic acids is 1. The minimum absolute atomic E-state index is 0.0868. The molecule has 66 valence electrons. The van der Waals surface area contributed by atoms with E-state index in [1.807, 2.05) is 0 Å². The summed E-state index contributed by atoms with van der Waals surface area (Å²) in [6, 6.07) is 2.25. The first-order valence-corrected chi connectivity index (χ1v) is 4.32. The van der Waals surface area contributed by atoms with Gasteiger partial charge in [0, 0.05) is 0 Å². The zero-order chi connectivity index (χ0) is 9.42. The van der Waals surface area contributed by atoms with Crippen molar-refractivity contribution in [2.75, 3.05) is 0 Å². The molecule has 0 saturated heterocycles. The predicted octanol–water partition coefficient (Wildman–Crippen LogP) is 2.13. The summed E-state index contributed by atoms with van der Waals surface area (Å²) in [6.45, 7) is 0. The highest BCUT2D eigenvalue weighted by Gasteiger charge is 2.12. The fraction of sp³-hybridized carbons (Fsp3) is 0. The molecule has 0 saturated carbocycles. The van der Waals surface area contributed by atoms with Gasteiger partial charge >= 0.3 is 5.97 Å². The van der Waals surface area contributed by atoms with Gasteiger partial charge in [0.2, 0.25) is 0 Å². The summed E-state index contributed by atoms with van der Waals surface area (Å²) in [6.07, 6.45) is 0. The largest absolute Gasteiger partial charge is 0.478 e. The van der Waals surface area contributed by atoms with E-state index in [2.05, 4.69) is 4.98 Å². The summed E-state index contributed by atoms with van der Waals surface area (Å²) in [7, 11) is 0. The monoisotopic (exact) mass is 197 g/mol. The van der Waals surface area contributed by atoms with Crippen LogP contribution in [0.1, 0.15) is 10.4 Å². The van der Waals surface area contributed by atoms with Gasteiger partial charge in [-0.3, -0.25) is 0 Å². The molecule has 13 heavy (non-hydrogen) atoms. The Hall–Kier alpha value is -1.49. The third kappa shape index (κ3) is 1.27. The van der Waals surface area contributed by atoms with E-state index in [9.17, 15) is 9.18 Å². The number of halogens is 1. The van der Waals surface area contributed by atoms with Crippen LogP contribution in [0.15, 0.2) is 17.6 Å². The maximum Gasteiger partial charge on any atom is 0.338 e. The summed E-state index contributed by atoms with van der Waals surface area (Å²) in [5.41, 5.74) is 1.76. The van der Waals surface area contributed by atoms with Crippen LogP contribution in [0, 0.1) is 5.82 Å². The van der Waals surface area contributed by atoms with E-state index in [1.165, 1.54) is 22.9 Å². The quantitative estimate of drug-likeness (QED) is 0.761. The van der Waals surface area contributed by atoms with Crippen LogP contribution in [0.4, 0.5) is 4.39 Å². The van der Waals surface area contributed by atoms with Crippen LogP contribution in [0.5, 0.6) is 0 Å². The first kappa shape index (κ1) is 8.12. The van der Waals surface area contributed by atoms with Crippen LogP contribution in [0.3, 0.4) is 0 Å². The van der Waals surface area contributed by atoms with Gasteiger partial charge in [-0.05, 0) is 12.1 Å². The van der Waals surface area contributed by atoms with Gasteiger partial charge in [-0.2, -0.15) is 0 Å². The third-order valence-electron chi connectivity index (χ3n) is 1.63. The van der Waals surface area contributed by atoms with Crippen molar-refractivity contribution < 1.29 is 14.3 Å². The van der Waals surface area contributed by atoms with Crippen molar-refractivity contribution in [3.05, 3.63) is 29.0 Å². The topological polar surface area (TPSA) is 50.2 Å². The number of carboxylic acid groups (broad SMARTS) is 1. The van der Waals surface area contributed by atoms with Gasteiger partial charge in [0.25, 0.3) is 0 Å². The summed E-state index contributed by atoms with van der Waals surface area (Å²) in [5.74, 6) is -1.70. The molecule has 3 nitrogen and oxygen atoms in total. The molecule has 0 aliphatic rings. The zero-order valence-corrected chi connectivity index (χ0v) is 7.14. The number of aromatic nitrogens is 1. The summed E-state index contributed by atoms with van der Waals surface area (Å²) < 4.78 is 13.4. The molecule has 0 aliphatic heterocycles. The van der Waals surface area contributed by atoms with Gasteiger partial charge in [-0.1, -0.05) is 0 Å². The Morgan fingerprint density at radius 2 is 2.31 bits per heavy atom. The molecule has 0 bridgehead atoms. The van der Waals surface area contributed by atoms with E-state index in [0.29, 0.717) is 10.2 Å². The number of benzene rings is 1. The lowest BCUT2D eigenvalue weighted by atomic mass is 10.2. The number of fused-ring (bicyclic) bond motifs is 1. The minimum Gasteiger partial charge on any atom is -0.478 e. The van der Waals surface area contributed by atoms with Crippen molar-refractivity contribution in [2.45, 2.75) is 0 Å². The fourth-order valence-electron chi connectivity index (χ4n) is 1.10. The molecular formula is C8H4FNO2S. The maximum absolute atomic E-state index is 12.9. The Morgan fingerprint density at radius 1 is 1.54 bits per heavy atom. The van der Waals surface area contributed by atoms with Gasteiger partial charge in [0.15, 0.2) is 0 Å². The van der Waals surface area contributed by atoms with Crippen molar-refractivity contribution in [1.29, 1.82) is 0 Å². The van der Waals surface area contributed by atoms with Gasteiger partial charge in [0.05, 0.1) is 21.3 Å². The molecule has 0 amide bonds. The molecule has 1 aromatic carbocycles. The Morgan fingerprint density at radius 3 is 3.00 bits per heavy atom. The average Bonchev–Trinajstić information content (AvgIpc) is 2.49. The Labute approximate surface area is 76.5 Å². The summed E-state index contributed by atoms with van der Waals surface area (Å²) >= 11 is 1.22. The molecule has 0 aliphatic carbocycles. The molecule has 5 heteroatoms. The van der Waals surface area contributed by atoms with E-state index in [1.54, 1.807) is 0 Å². The van der Waals surface area contributed by atoms with Crippen LogP contribution in [0.25, 0.3) is 10.2 Å². The summed E-state index contributed by atoms with van der Waals surface area (Å²) in [4.78, 5) is 14.5. The molecule has 0 unspecified atom stereocenters. The number of hydrogen-bond donors (Lipinski definition) is 1. The molecular weight excluding hydrogens is 193 g/mol. The van der Waals surface area contributed by atoms with Crippen molar-refractivity contribution in [2.24, 2.45) is 0 Å². The molecule has 1 N–H and O–H groups in total. The molecule has 0 fully saturated rings. The first-order chi connectivity index (χ1) is 6.18. The van der Waals surface area contributed by atoms with Crippen LogP contribution >= 0.6 is 11.3 Å². The predicted molar refractivity (Wildman–Crippen MR) is 46.5 cm³/mol. The Bertz CT molecular complexity index is 480. The maximum atomic E-state index is 12.9. The number of nitrogens with zero attached hydrogens (tertiary/aromatic N) is 1. The molecule has 2 rings (SSSR count). The van der Waals surface area contributed by atoms with Crippen LogP contribution < -0.4 is 0 Å². The van der Waals surface area contributed by atoms with Crippen molar-refractivity contribution in [1.82, 2.24) is 4.98 Å². The fourth-order valence-corrected chi connectivity index (χ4v) is 1.82. The van der Waals surface area contributed by atoms with E-state index >= 15 is 0 Å². The van der Waals surface area contributed by atoms with E-state index < -0.39 is 11.8 Å². The normalized spacial score (nSPS) is 10.5. The van der Waals surface area contributed by atoms with Crippen LogP contribution in [-0.4, -0.2) is 16.1 Å². The highest BCUT2D eigenvalue weighted by atomic mass is 32.1. The standard InChI is InChI=1S/C8H4FNO2S/c9-4-1-5(8(11)12)7-6(2-4)13-3-10-7/h1-3H,(H,11,12). The van der Waals surface area contributed by atoms with E-state index in [4.69, 9.17) is 5.11 Å².